The summed E-state index contributed by atoms with van der Waals surface area (Å²) < 4.78 is 5.39. The van der Waals surface area contributed by atoms with Crippen molar-refractivity contribution in [3.05, 3.63) is 0 Å². The molecule has 0 aromatic carbocycles. The third-order valence-electron chi connectivity index (χ3n) is 3.50. The first-order valence-corrected chi connectivity index (χ1v) is 6.25. The Morgan fingerprint density at radius 3 is 2.13 bits per heavy atom. The average Bonchev–Trinajstić information content (AvgIpc) is 2.19. The fourth-order valence-corrected chi connectivity index (χ4v) is 1.87. The summed E-state index contributed by atoms with van der Waals surface area (Å²) in [6.45, 7) is 12.1. The summed E-state index contributed by atoms with van der Waals surface area (Å²) in [5.74, 6) is 0.802. The van der Waals surface area contributed by atoms with Gasteiger partial charge in [-0.15, -0.1) is 0 Å². The normalized spacial score (nSPS) is 14.6. The monoisotopic (exact) mass is 215 g/mol. The lowest BCUT2D eigenvalue weighted by Gasteiger charge is -2.26. The lowest BCUT2D eigenvalue weighted by atomic mass is 9.95. The Morgan fingerprint density at radius 2 is 1.73 bits per heavy atom. The summed E-state index contributed by atoms with van der Waals surface area (Å²) in [5, 5.41) is 3.59. The molecule has 0 amide bonds. The van der Waals surface area contributed by atoms with Gasteiger partial charge in [0.25, 0.3) is 0 Å². The molecule has 0 aromatic heterocycles. The van der Waals surface area contributed by atoms with Gasteiger partial charge >= 0.3 is 0 Å². The van der Waals surface area contributed by atoms with E-state index in [1.54, 1.807) is 7.11 Å². The quantitative estimate of drug-likeness (QED) is 0.671. The second-order valence-electron chi connectivity index (χ2n) is 5.03. The van der Waals surface area contributed by atoms with Crippen LogP contribution in [-0.2, 0) is 4.74 Å². The van der Waals surface area contributed by atoms with E-state index in [0.717, 1.165) is 18.9 Å². The Balaban J connectivity index is 3.76. The van der Waals surface area contributed by atoms with Crippen LogP contribution in [0.1, 0.15) is 53.9 Å². The number of hydrogen-bond acceptors (Lipinski definition) is 2. The molecular weight excluding hydrogens is 186 g/mol. The van der Waals surface area contributed by atoms with E-state index in [0.29, 0.717) is 6.04 Å². The van der Waals surface area contributed by atoms with Crippen LogP contribution in [0.15, 0.2) is 0 Å². The highest BCUT2D eigenvalue weighted by molar-refractivity contribution is 4.74. The third kappa shape index (κ3) is 6.16. The lowest BCUT2D eigenvalue weighted by molar-refractivity contribution is 0.0150. The van der Waals surface area contributed by atoms with E-state index in [-0.39, 0.29) is 5.60 Å². The molecule has 2 heteroatoms. The van der Waals surface area contributed by atoms with Gasteiger partial charge in [0.2, 0.25) is 0 Å². The minimum atomic E-state index is 0.000641. The zero-order valence-electron chi connectivity index (χ0n) is 11.4. The van der Waals surface area contributed by atoms with Crippen LogP contribution in [-0.4, -0.2) is 25.3 Å². The maximum absolute atomic E-state index is 5.39. The minimum absolute atomic E-state index is 0.000641. The molecule has 0 fully saturated rings. The van der Waals surface area contributed by atoms with Gasteiger partial charge in [-0.2, -0.15) is 0 Å². The van der Waals surface area contributed by atoms with Gasteiger partial charge in [-0.25, -0.2) is 0 Å². The number of nitrogens with one attached hydrogen (secondary N) is 1. The first-order valence-electron chi connectivity index (χ1n) is 6.25. The Kier molecular flexibility index (Phi) is 7.20. The smallest absolute Gasteiger partial charge is 0.0634 e. The van der Waals surface area contributed by atoms with Crippen molar-refractivity contribution in [2.24, 2.45) is 5.92 Å². The van der Waals surface area contributed by atoms with Gasteiger partial charge in [-0.1, -0.05) is 26.7 Å². The third-order valence-corrected chi connectivity index (χ3v) is 3.50. The number of ether oxygens (including phenoxy) is 1. The molecule has 0 aliphatic carbocycles. The highest BCUT2D eigenvalue weighted by Gasteiger charge is 2.17. The van der Waals surface area contributed by atoms with E-state index in [9.17, 15) is 0 Å². The Labute approximate surface area is 95.8 Å². The zero-order valence-corrected chi connectivity index (χ0v) is 11.4. The summed E-state index contributed by atoms with van der Waals surface area (Å²) in [4.78, 5) is 0. The van der Waals surface area contributed by atoms with Crippen molar-refractivity contribution in [1.29, 1.82) is 0 Å². The van der Waals surface area contributed by atoms with Crippen LogP contribution >= 0.6 is 0 Å². The van der Waals surface area contributed by atoms with Gasteiger partial charge in [-0.05, 0) is 39.7 Å². The summed E-state index contributed by atoms with van der Waals surface area (Å²) in [6.07, 6.45) is 3.59. The molecule has 15 heavy (non-hydrogen) atoms. The van der Waals surface area contributed by atoms with Crippen LogP contribution in [0.25, 0.3) is 0 Å². The predicted molar refractivity (Wildman–Crippen MR) is 67.2 cm³/mol. The molecule has 0 saturated heterocycles. The van der Waals surface area contributed by atoms with Gasteiger partial charge < -0.3 is 10.1 Å². The predicted octanol–water partition coefficient (Wildman–Crippen LogP) is 3.22. The SMILES string of the molecule is CCC(CC)C(C)NCCC(C)(C)OC. The Bertz CT molecular complexity index is 153. The van der Waals surface area contributed by atoms with Crippen molar-refractivity contribution in [2.75, 3.05) is 13.7 Å². The highest BCUT2D eigenvalue weighted by Crippen LogP contribution is 2.15. The summed E-state index contributed by atoms with van der Waals surface area (Å²) >= 11 is 0. The Morgan fingerprint density at radius 1 is 1.20 bits per heavy atom. The molecule has 92 valence electrons. The summed E-state index contributed by atoms with van der Waals surface area (Å²) in [7, 11) is 1.78. The summed E-state index contributed by atoms with van der Waals surface area (Å²) in [5.41, 5.74) is 0.000641. The molecule has 0 aliphatic rings. The number of methoxy groups -OCH3 is 1. The van der Waals surface area contributed by atoms with Gasteiger partial charge in [0.05, 0.1) is 5.60 Å². The molecule has 1 N–H and O–H groups in total. The van der Waals surface area contributed by atoms with Crippen LogP contribution in [0, 0.1) is 5.92 Å². The van der Waals surface area contributed by atoms with E-state index in [2.05, 4.69) is 39.9 Å². The fourth-order valence-electron chi connectivity index (χ4n) is 1.87. The second kappa shape index (κ2) is 7.24. The van der Waals surface area contributed by atoms with Crippen molar-refractivity contribution in [3.63, 3.8) is 0 Å². The molecule has 0 bridgehead atoms. The molecule has 0 heterocycles. The molecule has 0 aliphatic heterocycles. The topological polar surface area (TPSA) is 21.3 Å². The molecule has 0 aromatic rings. The van der Waals surface area contributed by atoms with Crippen LogP contribution < -0.4 is 5.32 Å². The number of rotatable bonds is 8. The van der Waals surface area contributed by atoms with E-state index in [1.807, 2.05) is 0 Å². The molecular formula is C13H29NO. The standard InChI is InChI=1S/C13H29NO/c1-7-12(8-2)11(3)14-10-9-13(4,5)15-6/h11-12,14H,7-10H2,1-6H3. The molecule has 1 unspecified atom stereocenters. The van der Waals surface area contributed by atoms with Crippen LogP contribution in [0.5, 0.6) is 0 Å². The maximum Gasteiger partial charge on any atom is 0.0634 e. The largest absolute Gasteiger partial charge is 0.379 e. The molecule has 0 radical (unpaired) electrons. The van der Waals surface area contributed by atoms with Gasteiger partial charge in [0.1, 0.15) is 0 Å². The van der Waals surface area contributed by atoms with E-state index >= 15 is 0 Å². The summed E-state index contributed by atoms with van der Waals surface area (Å²) in [6, 6.07) is 0.618. The number of hydrogen-bond donors (Lipinski definition) is 1. The first-order chi connectivity index (χ1) is 6.96. The molecule has 1 atom stereocenters. The molecule has 0 saturated carbocycles. The molecule has 0 spiro atoms. The van der Waals surface area contributed by atoms with Crippen LogP contribution in [0.4, 0.5) is 0 Å². The Hall–Kier alpha value is -0.0800. The van der Waals surface area contributed by atoms with Gasteiger partial charge in [0.15, 0.2) is 0 Å². The highest BCUT2D eigenvalue weighted by atomic mass is 16.5. The van der Waals surface area contributed by atoms with Crippen molar-refractivity contribution in [1.82, 2.24) is 5.32 Å². The second-order valence-corrected chi connectivity index (χ2v) is 5.03. The molecule has 2 nitrogen and oxygen atoms in total. The maximum atomic E-state index is 5.39. The van der Waals surface area contributed by atoms with Crippen molar-refractivity contribution >= 4 is 0 Å². The molecule has 0 rings (SSSR count). The zero-order chi connectivity index (χ0) is 11.9. The van der Waals surface area contributed by atoms with E-state index in [4.69, 9.17) is 4.74 Å². The van der Waals surface area contributed by atoms with Gasteiger partial charge in [-0.3, -0.25) is 0 Å². The fraction of sp³-hybridized carbons (Fsp3) is 1.00. The van der Waals surface area contributed by atoms with Crippen LogP contribution in [0.2, 0.25) is 0 Å². The van der Waals surface area contributed by atoms with Crippen molar-refractivity contribution < 1.29 is 4.74 Å². The van der Waals surface area contributed by atoms with Crippen molar-refractivity contribution in [3.8, 4) is 0 Å². The van der Waals surface area contributed by atoms with Crippen molar-refractivity contribution in [2.45, 2.75) is 65.5 Å². The van der Waals surface area contributed by atoms with Gasteiger partial charge in [0, 0.05) is 13.2 Å². The minimum Gasteiger partial charge on any atom is -0.379 e. The lowest BCUT2D eigenvalue weighted by Crippen LogP contribution is -2.37. The van der Waals surface area contributed by atoms with E-state index in [1.165, 1.54) is 12.8 Å². The average molecular weight is 215 g/mol. The first kappa shape index (κ1) is 14.9. The van der Waals surface area contributed by atoms with Crippen LogP contribution in [0.3, 0.4) is 0 Å². The van der Waals surface area contributed by atoms with E-state index < -0.39 is 0 Å².